The third-order valence-electron chi connectivity index (χ3n) is 12.3. The molecule has 1 aliphatic rings. The van der Waals surface area contributed by atoms with Gasteiger partial charge >= 0.3 is 0 Å². The number of aromatic nitrogens is 2. The highest BCUT2D eigenvalue weighted by molar-refractivity contribution is 6.33. The molecular weight excluding hydrogens is 968 g/mol. The first-order chi connectivity index (χ1) is 35.0. The molecule has 0 spiro atoms. The van der Waals surface area contributed by atoms with E-state index in [0.29, 0.717) is 135 Å². The van der Waals surface area contributed by atoms with Gasteiger partial charge in [-0.15, -0.1) is 0 Å². The quantitative estimate of drug-likeness (QED) is 0.0789. The zero-order valence-electron chi connectivity index (χ0n) is 41.8. The van der Waals surface area contributed by atoms with Gasteiger partial charge in [0.1, 0.15) is 0 Å². The van der Waals surface area contributed by atoms with Crippen LogP contribution in [0.1, 0.15) is 22.3 Å². The smallest absolute Gasteiger partial charge is 0.211 e. The number of anilines is 1. The molecule has 72 heavy (non-hydrogen) atoms. The lowest BCUT2D eigenvalue weighted by Crippen LogP contribution is -2.51. The molecule has 0 aliphatic carbocycles. The molecule has 0 fully saturated rings. The molecule has 7 aromatic rings. The lowest BCUT2D eigenvalue weighted by atomic mass is 9.89. The minimum Gasteiger partial charge on any atom is -0.493 e. The number of aromatic amines is 1. The second-order valence-corrected chi connectivity index (χ2v) is 16.6. The van der Waals surface area contributed by atoms with Gasteiger partial charge in [0.05, 0.1) is 108 Å². The molecule has 0 bridgehead atoms. The summed E-state index contributed by atoms with van der Waals surface area (Å²) in [5, 5.41) is 4.78. The number of rotatable bonds is 19. The van der Waals surface area contributed by atoms with Gasteiger partial charge in [-0.2, -0.15) is 0 Å². The van der Waals surface area contributed by atoms with Gasteiger partial charge in [-0.1, -0.05) is 59.6 Å². The maximum atomic E-state index is 7.47. The maximum absolute atomic E-state index is 7.47. The van der Waals surface area contributed by atoms with Gasteiger partial charge in [-0.3, -0.25) is 4.90 Å². The Balaban J connectivity index is 1.62. The standard InChI is InChI=1S/C54H54Cl2N4O12/c1-61-37-21-29(22-38(62-2)49(37)69-9)45-46(30-23-39(63-3)50(70-10)40(24-30)64-4)58-53(57-45)60-48(32-27-43(67-7)52(72-12)44(28-32)68-8)47(31-25-41(65-5)51(71-11)42(26-31)66-6)59-54(60,33-17-13-15-19-35(33)55)34-18-14-16-20-36(34)56/h13-28,59H,1-12H3,(H,57,58). The van der Waals surface area contributed by atoms with Crippen LogP contribution < -0.4 is 67.1 Å². The molecule has 0 amide bonds. The van der Waals surface area contributed by atoms with Crippen molar-refractivity contribution < 1.29 is 56.8 Å². The van der Waals surface area contributed by atoms with Crippen LogP contribution in [-0.4, -0.2) is 95.3 Å². The summed E-state index contributed by atoms with van der Waals surface area (Å²) in [6.45, 7) is 0. The normalized spacial score (nSPS) is 12.7. The number of nitrogens with zero attached hydrogens (tertiary/aromatic N) is 2. The molecule has 1 aliphatic heterocycles. The third-order valence-corrected chi connectivity index (χ3v) is 13.0. The van der Waals surface area contributed by atoms with Gasteiger partial charge in [0.2, 0.25) is 28.9 Å². The Morgan fingerprint density at radius 3 is 1.10 bits per heavy atom. The molecule has 1 aromatic heterocycles. The Morgan fingerprint density at radius 1 is 0.417 bits per heavy atom. The van der Waals surface area contributed by atoms with Crippen LogP contribution in [0.3, 0.4) is 0 Å². The summed E-state index contributed by atoms with van der Waals surface area (Å²) in [4.78, 5) is 11.4. The van der Waals surface area contributed by atoms with Crippen LogP contribution in [0.25, 0.3) is 33.9 Å². The van der Waals surface area contributed by atoms with Crippen molar-refractivity contribution in [2.24, 2.45) is 0 Å². The number of benzene rings is 6. The van der Waals surface area contributed by atoms with Crippen LogP contribution in [0.5, 0.6) is 69.0 Å². The van der Waals surface area contributed by atoms with E-state index < -0.39 is 5.66 Å². The first-order valence-electron chi connectivity index (χ1n) is 22.1. The minimum atomic E-state index is -1.56. The first kappa shape index (κ1) is 50.4. The van der Waals surface area contributed by atoms with E-state index in [1.807, 2.05) is 102 Å². The highest BCUT2D eigenvalue weighted by Gasteiger charge is 2.53. The summed E-state index contributed by atoms with van der Waals surface area (Å²) >= 11 is 14.9. The van der Waals surface area contributed by atoms with Crippen molar-refractivity contribution in [1.29, 1.82) is 0 Å². The summed E-state index contributed by atoms with van der Waals surface area (Å²) in [7, 11) is 18.6. The number of imidazole rings is 1. The maximum Gasteiger partial charge on any atom is 0.211 e. The molecule has 0 saturated carbocycles. The van der Waals surface area contributed by atoms with Crippen molar-refractivity contribution in [3.8, 4) is 91.5 Å². The second kappa shape index (κ2) is 21.2. The second-order valence-electron chi connectivity index (χ2n) is 15.8. The lowest BCUT2D eigenvalue weighted by Gasteiger charge is -2.42. The van der Waals surface area contributed by atoms with Crippen molar-refractivity contribution in [2.45, 2.75) is 5.66 Å². The average molecular weight is 1020 g/mol. The van der Waals surface area contributed by atoms with E-state index in [1.165, 1.54) is 0 Å². The van der Waals surface area contributed by atoms with E-state index in [1.54, 1.807) is 85.3 Å². The van der Waals surface area contributed by atoms with Crippen molar-refractivity contribution in [3.63, 3.8) is 0 Å². The average Bonchev–Trinajstić information content (AvgIpc) is 4.02. The van der Waals surface area contributed by atoms with E-state index in [-0.39, 0.29) is 5.95 Å². The fourth-order valence-corrected chi connectivity index (χ4v) is 9.67. The molecule has 18 heteroatoms. The summed E-state index contributed by atoms with van der Waals surface area (Å²) < 4.78 is 70.9. The number of methoxy groups -OCH3 is 12. The monoisotopic (exact) mass is 1020 g/mol. The van der Waals surface area contributed by atoms with E-state index in [4.69, 9.17) is 85.0 Å². The van der Waals surface area contributed by atoms with Gasteiger partial charge in [-0.05, 0) is 60.7 Å². The molecule has 0 unspecified atom stereocenters. The Kier molecular flexibility index (Phi) is 14.8. The summed E-state index contributed by atoms with van der Waals surface area (Å²) in [5.74, 6) is 4.88. The fraction of sp³-hybridized carbons (Fsp3) is 0.241. The Bertz CT molecular complexity index is 2950. The van der Waals surface area contributed by atoms with Gasteiger partial charge < -0.3 is 67.1 Å². The summed E-state index contributed by atoms with van der Waals surface area (Å²) in [5.41, 5.74) is 3.97. The van der Waals surface area contributed by atoms with Gasteiger partial charge in [0, 0.05) is 43.4 Å². The minimum absolute atomic E-state index is 0.279. The van der Waals surface area contributed by atoms with E-state index >= 15 is 0 Å². The van der Waals surface area contributed by atoms with Crippen molar-refractivity contribution >= 4 is 40.5 Å². The molecule has 8 rings (SSSR count). The first-order valence-corrected chi connectivity index (χ1v) is 22.9. The van der Waals surface area contributed by atoms with Crippen molar-refractivity contribution in [1.82, 2.24) is 15.3 Å². The lowest BCUT2D eigenvalue weighted by molar-refractivity contribution is 0.324. The Morgan fingerprint density at radius 2 is 0.750 bits per heavy atom. The topological polar surface area (TPSA) is 155 Å². The molecule has 2 N–H and O–H groups in total. The number of hydrogen-bond acceptors (Lipinski definition) is 15. The van der Waals surface area contributed by atoms with Crippen LogP contribution in [0.15, 0.2) is 97.1 Å². The van der Waals surface area contributed by atoms with Crippen molar-refractivity contribution in [2.75, 3.05) is 90.2 Å². The molecule has 6 aromatic carbocycles. The SMILES string of the molecule is COc1cc(C2=C(c3cc(OC)c(OC)c(OC)c3)N(c3nc(-c4cc(OC)c(OC)c(OC)c4)c(-c4cc(OC)c(OC)c(OC)c4)[nH]3)C(c3ccccc3Cl)(c3ccccc3Cl)N2)cc(OC)c1OC. The van der Waals surface area contributed by atoms with E-state index in [0.717, 1.165) is 0 Å². The summed E-state index contributed by atoms with van der Waals surface area (Å²) in [6, 6.07) is 29.7. The summed E-state index contributed by atoms with van der Waals surface area (Å²) in [6.07, 6.45) is 0. The molecule has 0 saturated heterocycles. The van der Waals surface area contributed by atoms with E-state index in [9.17, 15) is 0 Å². The molecule has 16 nitrogen and oxygen atoms in total. The largest absolute Gasteiger partial charge is 0.493 e. The van der Waals surface area contributed by atoms with Crippen LogP contribution in [0, 0.1) is 0 Å². The Hall–Kier alpha value is -7.95. The van der Waals surface area contributed by atoms with Crippen LogP contribution >= 0.6 is 23.2 Å². The molecular formula is C54H54Cl2N4O12. The van der Waals surface area contributed by atoms with E-state index in [2.05, 4.69) is 10.3 Å². The number of ether oxygens (including phenoxy) is 12. The van der Waals surface area contributed by atoms with Crippen LogP contribution in [-0.2, 0) is 5.66 Å². The van der Waals surface area contributed by atoms with Crippen LogP contribution in [0.2, 0.25) is 10.0 Å². The number of halogens is 2. The number of nitrogens with one attached hydrogen (secondary N) is 2. The predicted molar refractivity (Wildman–Crippen MR) is 277 cm³/mol. The molecule has 0 atom stereocenters. The van der Waals surface area contributed by atoms with Gasteiger partial charge in [-0.25, -0.2) is 4.98 Å². The fourth-order valence-electron chi connectivity index (χ4n) is 9.12. The van der Waals surface area contributed by atoms with Gasteiger partial charge in [0.15, 0.2) is 51.7 Å². The van der Waals surface area contributed by atoms with Crippen LogP contribution in [0.4, 0.5) is 5.95 Å². The van der Waals surface area contributed by atoms with Crippen molar-refractivity contribution in [3.05, 3.63) is 129 Å². The highest BCUT2D eigenvalue weighted by atomic mass is 35.5. The predicted octanol–water partition coefficient (Wildman–Crippen LogP) is 11.0. The zero-order valence-corrected chi connectivity index (χ0v) is 43.3. The third kappa shape index (κ3) is 8.49. The Labute approximate surface area is 427 Å². The van der Waals surface area contributed by atoms with Gasteiger partial charge in [0.25, 0.3) is 0 Å². The number of hydrogen-bond donors (Lipinski definition) is 2. The molecule has 2 heterocycles. The molecule has 376 valence electrons. The highest BCUT2D eigenvalue weighted by Crippen LogP contribution is 2.56. The number of H-pyrrole nitrogens is 1. The zero-order chi connectivity index (χ0) is 51.4. The molecule has 0 radical (unpaired) electrons.